The Labute approximate surface area is 144 Å². The molecule has 0 saturated carbocycles. The predicted molar refractivity (Wildman–Crippen MR) is 92.1 cm³/mol. The first-order chi connectivity index (χ1) is 11.4. The standard InChI is InChI=1S/C15H15ClN4O3S/c16-12-4-2-1-3-11(12)15(21)18-14-6-5-13(19-20-14)17-10-7-8-24(22,23)9-10/h1-6,10H,7-9H2,(H,17,19)(H,18,20,21). The Morgan fingerprint density at radius 3 is 2.46 bits per heavy atom. The minimum Gasteiger partial charge on any atom is -0.365 e. The molecule has 7 nitrogen and oxygen atoms in total. The molecule has 9 heteroatoms. The Morgan fingerprint density at radius 1 is 1.12 bits per heavy atom. The highest BCUT2D eigenvalue weighted by Crippen LogP contribution is 2.18. The first-order valence-electron chi connectivity index (χ1n) is 7.29. The van der Waals surface area contributed by atoms with E-state index in [1.165, 1.54) is 0 Å². The molecule has 1 aliphatic rings. The second-order valence-electron chi connectivity index (χ2n) is 5.48. The minimum absolute atomic E-state index is 0.0969. The Morgan fingerprint density at radius 2 is 1.83 bits per heavy atom. The van der Waals surface area contributed by atoms with Crippen molar-refractivity contribution in [1.29, 1.82) is 0 Å². The maximum absolute atomic E-state index is 12.1. The molecule has 0 spiro atoms. The Bertz CT molecular complexity index is 855. The molecule has 3 rings (SSSR count). The largest absolute Gasteiger partial charge is 0.365 e. The SMILES string of the molecule is O=C(Nc1ccc(NC2CCS(=O)(=O)C2)nn1)c1ccccc1Cl. The monoisotopic (exact) mass is 366 g/mol. The summed E-state index contributed by atoms with van der Waals surface area (Å²) >= 11 is 5.97. The van der Waals surface area contributed by atoms with E-state index in [0.717, 1.165) is 0 Å². The van der Waals surface area contributed by atoms with Crippen LogP contribution in [0, 0.1) is 0 Å². The van der Waals surface area contributed by atoms with E-state index in [-0.39, 0.29) is 29.3 Å². The Balaban J connectivity index is 1.63. The van der Waals surface area contributed by atoms with Crippen molar-refractivity contribution < 1.29 is 13.2 Å². The van der Waals surface area contributed by atoms with Gasteiger partial charge >= 0.3 is 0 Å². The van der Waals surface area contributed by atoms with Crippen molar-refractivity contribution in [1.82, 2.24) is 10.2 Å². The van der Waals surface area contributed by atoms with Crippen LogP contribution in [0.4, 0.5) is 11.6 Å². The van der Waals surface area contributed by atoms with Gasteiger partial charge in [0, 0.05) is 6.04 Å². The van der Waals surface area contributed by atoms with Crippen molar-refractivity contribution in [3.8, 4) is 0 Å². The van der Waals surface area contributed by atoms with Gasteiger partial charge < -0.3 is 10.6 Å². The number of nitrogens with zero attached hydrogens (tertiary/aromatic N) is 2. The van der Waals surface area contributed by atoms with Crippen LogP contribution in [0.5, 0.6) is 0 Å². The molecule has 1 aromatic heterocycles. The molecule has 2 heterocycles. The molecule has 2 N–H and O–H groups in total. The van der Waals surface area contributed by atoms with E-state index in [9.17, 15) is 13.2 Å². The summed E-state index contributed by atoms with van der Waals surface area (Å²) < 4.78 is 22.9. The summed E-state index contributed by atoms with van der Waals surface area (Å²) in [6.07, 6.45) is 0.551. The maximum Gasteiger partial charge on any atom is 0.258 e. The van der Waals surface area contributed by atoms with Crippen molar-refractivity contribution in [3.05, 3.63) is 47.0 Å². The number of sulfone groups is 1. The molecule has 0 bridgehead atoms. The summed E-state index contributed by atoms with van der Waals surface area (Å²) in [7, 11) is -2.95. The van der Waals surface area contributed by atoms with Gasteiger partial charge in [-0.1, -0.05) is 23.7 Å². The summed E-state index contributed by atoms with van der Waals surface area (Å²) in [5, 5.41) is 13.9. The van der Waals surface area contributed by atoms with Gasteiger partial charge in [0.15, 0.2) is 15.7 Å². The van der Waals surface area contributed by atoms with Crippen LogP contribution < -0.4 is 10.6 Å². The molecule has 1 fully saturated rings. The summed E-state index contributed by atoms with van der Waals surface area (Å²) in [6.45, 7) is 0. The van der Waals surface area contributed by atoms with Crippen molar-refractivity contribution >= 4 is 39.0 Å². The van der Waals surface area contributed by atoms with Crippen LogP contribution in [0.3, 0.4) is 0 Å². The van der Waals surface area contributed by atoms with E-state index in [4.69, 9.17) is 11.6 Å². The van der Waals surface area contributed by atoms with Crippen LogP contribution in [0.15, 0.2) is 36.4 Å². The molecule has 1 atom stereocenters. The lowest BCUT2D eigenvalue weighted by atomic mass is 10.2. The number of rotatable bonds is 4. The molecular weight excluding hydrogens is 352 g/mol. The van der Waals surface area contributed by atoms with E-state index >= 15 is 0 Å². The van der Waals surface area contributed by atoms with Crippen LogP contribution in [0.2, 0.25) is 5.02 Å². The highest BCUT2D eigenvalue weighted by molar-refractivity contribution is 7.91. The molecule has 1 aromatic carbocycles. The number of nitrogens with one attached hydrogen (secondary N) is 2. The fraction of sp³-hybridized carbons (Fsp3) is 0.267. The van der Waals surface area contributed by atoms with Gasteiger partial charge in [-0.2, -0.15) is 0 Å². The predicted octanol–water partition coefficient (Wildman–Crippen LogP) is 1.98. The van der Waals surface area contributed by atoms with E-state index in [0.29, 0.717) is 22.8 Å². The number of hydrogen-bond donors (Lipinski definition) is 2. The quantitative estimate of drug-likeness (QED) is 0.858. The number of anilines is 2. The highest BCUT2D eigenvalue weighted by Gasteiger charge is 2.27. The topological polar surface area (TPSA) is 101 Å². The van der Waals surface area contributed by atoms with Crippen LogP contribution in [0.1, 0.15) is 16.8 Å². The fourth-order valence-electron chi connectivity index (χ4n) is 2.42. The molecular formula is C15H15ClN4O3S. The summed E-state index contributed by atoms with van der Waals surface area (Å²) in [6, 6.07) is 9.77. The number of amides is 1. The van der Waals surface area contributed by atoms with E-state index in [1.54, 1.807) is 36.4 Å². The van der Waals surface area contributed by atoms with Crippen LogP contribution in [0.25, 0.3) is 0 Å². The molecule has 0 radical (unpaired) electrons. The number of carbonyl (C=O) groups is 1. The molecule has 0 aliphatic carbocycles. The highest BCUT2D eigenvalue weighted by atomic mass is 35.5. The average Bonchev–Trinajstić information content (AvgIpc) is 2.88. The normalized spacial score (nSPS) is 19.0. The summed E-state index contributed by atoms with van der Waals surface area (Å²) in [5.41, 5.74) is 0.347. The second kappa shape index (κ2) is 6.74. The zero-order chi connectivity index (χ0) is 17.2. The lowest BCUT2D eigenvalue weighted by Gasteiger charge is -2.11. The molecule has 24 heavy (non-hydrogen) atoms. The molecule has 2 aromatic rings. The number of halogens is 1. The lowest BCUT2D eigenvalue weighted by molar-refractivity contribution is 0.102. The van der Waals surface area contributed by atoms with Gasteiger partial charge in [0.05, 0.1) is 22.1 Å². The first-order valence-corrected chi connectivity index (χ1v) is 9.49. The number of carbonyl (C=O) groups excluding carboxylic acids is 1. The number of hydrogen-bond acceptors (Lipinski definition) is 6. The molecule has 1 aliphatic heterocycles. The maximum atomic E-state index is 12.1. The van der Waals surface area contributed by atoms with Gasteiger partial charge in [-0.25, -0.2) is 8.42 Å². The third kappa shape index (κ3) is 4.01. The molecule has 1 saturated heterocycles. The lowest BCUT2D eigenvalue weighted by Crippen LogP contribution is -2.21. The summed E-state index contributed by atoms with van der Waals surface area (Å²) in [4.78, 5) is 12.1. The summed E-state index contributed by atoms with van der Waals surface area (Å²) in [5.74, 6) is 0.652. The smallest absolute Gasteiger partial charge is 0.258 e. The van der Waals surface area contributed by atoms with Crippen molar-refractivity contribution in [2.45, 2.75) is 12.5 Å². The Kier molecular flexibility index (Phi) is 4.68. The second-order valence-corrected chi connectivity index (χ2v) is 8.12. The van der Waals surface area contributed by atoms with Crippen molar-refractivity contribution in [2.75, 3.05) is 22.1 Å². The van der Waals surface area contributed by atoms with Gasteiger partial charge in [0.1, 0.15) is 5.82 Å². The number of benzene rings is 1. The molecule has 1 unspecified atom stereocenters. The third-order valence-corrected chi connectivity index (χ3v) is 5.71. The molecule has 1 amide bonds. The molecule has 126 valence electrons. The van der Waals surface area contributed by atoms with Gasteiger partial charge in [-0.15, -0.1) is 10.2 Å². The van der Waals surface area contributed by atoms with Crippen LogP contribution in [-0.4, -0.2) is 42.1 Å². The van der Waals surface area contributed by atoms with Crippen molar-refractivity contribution in [3.63, 3.8) is 0 Å². The van der Waals surface area contributed by atoms with E-state index in [1.807, 2.05) is 0 Å². The average molecular weight is 367 g/mol. The van der Waals surface area contributed by atoms with Gasteiger partial charge in [-0.3, -0.25) is 4.79 Å². The minimum atomic E-state index is -2.95. The van der Waals surface area contributed by atoms with Gasteiger partial charge in [0.2, 0.25) is 0 Å². The Hall–Kier alpha value is -2.19. The van der Waals surface area contributed by atoms with Crippen LogP contribution >= 0.6 is 11.6 Å². The van der Waals surface area contributed by atoms with E-state index < -0.39 is 9.84 Å². The fourth-order valence-corrected chi connectivity index (χ4v) is 4.32. The van der Waals surface area contributed by atoms with E-state index in [2.05, 4.69) is 20.8 Å². The zero-order valence-electron chi connectivity index (χ0n) is 12.6. The van der Waals surface area contributed by atoms with Crippen LogP contribution in [-0.2, 0) is 9.84 Å². The van der Waals surface area contributed by atoms with Gasteiger partial charge in [-0.05, 0) is 30.7 Å². The third-order valence-electron chi connectivity index (χ3n) is 3.61. The zero-order valence-corrected chi connectivity index (χ0v) is 14.1. The first kappa shape index (κ1) is 16.7. The van der Waals surface area contributed by atoms with Gasteiger partial charge in [0.25, 0.3) is 5.91 Å². The number of aromatic nitrogens is 2. The van der Waals surface area contributed by atoms with Crippen molar-refractivity contribution in [2.24, 2.45) is 0 Å².